The average molecular weight is 457 g/mol. The molecule has 1 aliphatic rings. The van der Waals surface area contributed by atoms with Crippen molar-refractivity contribution in [2.45, 2.75) is 42.9 Å². The summed E-state index contributed by atoms with van der Waals surface area (Å²) in [5, 5.41) is 2.45. The summed E-state index contributed by atoms with van der Waals surface area (Å²) < 4.78 is 33.4. The maximum absolute atomic E-state index is 12.4. The monoisotopic (exact) mass is 456 g/mol. The molecule has 6 nitrogen and oxygen atoms in total. The van der Waals surface area contributed by atoms with Gasteiger partial charge in [-0.1, -0.05) is 17.7 Å². The van der Waals surface area contributed by atoms with E-state index in [-0.39, 0.29) is 11.9 Å². The van der Waals surface area contributed by atoms with E-state index in [2.05, 4.69) is 4.72 Å². The number of nitrogens with one attached hydrogen (secondary N) is 1. The fraction of sp³-hybridized carbons (Fsp3) is 0.450. The van der Waals surface area contributed by atoms with E-state index < -0.39 is 10.0 Å². The Morgan fingerprint density at radius 3 is 2.72 bits per heavy atom. The lowest BCUT2D eigenvalue weighted by Crippen LogP contribution is -2.46. The summed E-state index contributed by atoms with van der Waals surface area (Å²) in [6, 6.07) is 8.68. The van der Waals surface area contributed by atoms with Crippen molar-refractivity contribution in [3.8, 4) is 5.75 Å². The van der Waals surface area contributed by atoms with Gasteiger partial charge in [-0.25, -0.2) is 13.1 Å². The molecule has 1 N–H and O–H groups in total. The average Bonchev–Trinajstić information content (AvgIpc) is 3.24. The first-order chi connectivity index (χ1) is 13.8. The second-order valence-electron chi connectivity index (χ2n) is 7.07. The molecule has 2 heterocycles. The fourth-order valence-corrected chi connectivity index (χ4v) is 5.65. The van der Waals surface area contributed by atoms with Gasteiger partial charge >= 0.3 is 0 Å². The minimum absolute atomic E-state index is 0.0838. The van der Waals surface area contributed by atoms with Gasteiger partial charge in [-0.3, -0.25) is 4.79 Å². The summed E-state index contributed by atoms with van der Waals surface area (Å²) >= 11 is 7.20. The molecular weight excluding hydrogens is 432 g/mol. The maximum atomic E-state index is 12.4. The van der Waals surface area contributed by atoms with Crippen LogP contribution in [-0.2, 0) is 14.8 Å². The molecule has 0 bridgehead atoms. The van der Waals surface area contributed by atoms with E-state index >= 15 is 0 Å². The van der Waals surface area contributed by atoms with Crippen LogP contribution >= 0.6 is 22.9 Å². The number of aryl methyl sites for hydroxylation is 1. The second-order valence-corrected chi connectivity index (χ2v) is 10.4. The molecule has 1 aliphatic heterocycles. The Morgan fingerprint density at radius 2 is 2.07 bits per heavy atom. The minimum atomic E-state index is -3.46. The zero-order valence-electron chi connectivity index (χ0n) is 16.3. The maximum Gasteiger partial charge on any atom is 0.250 e. The van der Waals surface area contributed by atoms with Crippen LogP contribution in [0, 0.1) is 6.92 Å². The van der Waals surface area contributed by atoms with Crippen molar-refractivity contribution < 1.29 is 17.9 Å². The minimum Gasteiger partial charge on any atom is -0.494 e. The largest absolute Gasteiger partial charge is 0.494 e. The molecule has 1 saturated heterocycles. The van der Waals surface area contributed by atoms with Gasteiger partial charge < -0.3 is 9.64 Å². The Labute approximate surface area is 180 Å². The quantitative estimate of drug-likeness (QED) is 0.612. The number of nitrogens with zero attached hydrogens (tertiary/aromatic N) is 1. The molecule has 0 radical (unpaired) electrons. The van der Waals surface area contributed by atoms with Crippen molar-refractivity contribution in [1.29, 1.82) is 0 Å². The van der Waals surface area contributed by atoms with Crippen molar-refractivity contribution in [1.82, 2.24) is 9.62 Å². The number of carbonyl (C=O) groups is 1. The predicted molar refractivity (Wildman–Crippen MR) is 115 cm³/mol. The first-order valence-corrected chi connectivity index (χ1v) is 12.3. The molecule has 0 spiro atoms. The number of hydrogen-bond acceptors (Lipinski definition) is 5. The van der Waals surface area contributed by atoms with Gasteiger partial charge in [0.25, 0.3) is 0 Å². The van der Waals surface area contributed by atoms with Crippen molar-refractivity contribution in [3.63, 3.8) is 0 Å². The van der Waals surface area contributed by atoms with Gasteiger partial charge in [-0.2, -0.15) is 0 Å². The first-order valence-electron chi connectivity index (χ1n) is 9.58. The Balaban J connectivity index is 1.37. The summed E-state index contributed by atoms with van der Waals surface area (Å²) in [6.07, 6.45) is 2.29. The van der Waals surface area contributed by atoms with Gasteiger partial charge in [-0.05, 0) is 61.4 Å². The zero-order valence-corrected chi connectivity index (χ0v) is 18.7. The Hall–Kier alpha value is -1.61. The van der Waals surface area contributed by atoms with Crippen LogP contribution in [0.2, 0.25) is 5.02 Å². The van der Waals surface area contributed by atoms with Gasteiger partial charge in [0.1, 0.15) is 9.96 Å². The summed E-state index contributed by atoms with van der Waals surface area (Å²) in [6.45, 7) is 3.51. The second kappa shape index (κ2) is 9.93. The molecule has 9 heteroatoms. The van der Waals surface area contributed by atoms with Crippen LogP contribution in [0.5, 0.6) is 5.75 Å². The molecule has 0 unspecified atom stereocenters. The molecule has 3 rings (SSSR count). The lowest BCUT2D eigenvalue weighted by Gasteiger charge is -2.32. The predicted octanol–water partition coefficient (Wildman–Crippen LogP) is 3.84. The highest BCUT2D eigenvalue weighted by molar-refractivity contribution is 7.91. The fourth-order valence-electron chi connectivity index (χ4n) is 3.22. The third-order valence-corrected chi connectivity index (χ3v) is 8.20. The molecule has 158 valence electrons. The number of ether oxygens (including phenoxy) is 1. The van der Waals surface area contributed by atoms with Crippen LogP contribution in [0.4, 0.5) is 0 Å². The van der Waals surface area contributed by atoms with E-state index in [1.54, 1.807) is 23.6 Å². The van der Waals surface area contributed by atoms with Crippen LogP contribution in [0.1, 0.15) is 31.2 Å². The van der Waals surface area contributed by atoms with E-state index in [1.165, 1.54) is 11.3 Å². The van der Waals surface area contributed by atoms with Crippen LogP contribution in [-0.4, -0.2) is 45.0 Å². The van der Waals surface area contributed by atoms with Crippen molar-refractivity contribution in [3.05, 3.63) is 46.3 Å². The van der Waals surface area contributed by atoms with E-state index in [0.29, 0.717) is 54.6 Å². The number of thiophene rings is 1. The normalized spacial score (nSPS) is 15.4. The Kier molecular flexibility index (Phi) is 7.56. The topological polar surface area (TPSA) is 75.7 Å². The van der Waals surface area contributed by atoms with Crippen molar-refractivity contribution >= 4 is 38.9 Å². The van der Waals surface area contributed by atoms with Gasteiger partial charge in [0.05, 0.1) is 6.61 Å². The summed E-state index contributed by atoms with van der Waals surface area (Å²) in [4.78, 5) is 14.2. The molecule has 1 amide bonds. The third kappa shape index (κ3) is 6.18. The van der Waals surface area contributed by atoms with Gasteiger partial charge in [0.15, 0.2) is 0 Å². The van der Waals surface area contributed by atoms with Crippen molar-refractivity contribution in [2.24, 2.45) is 0 Å². The summed E-state index contributed by atoms with van der Waals surface area (Å²) in [5.74, 6) is 0.832. The number of benzene rings is 1. The molecule has 0 aliphatic carbocycles. The highest BCUT2D eigenvalue weighted by Gasteiger charge is 2.26. The van der Waals surface area contributed by atoms with E-state index in [9.17, 15) is 13.2 Å². The number of piperidine rings is 1. The molecule has 1 aromatic carbocycles. The van der Waals surface area contributed by atoms with Crippen molar-refractivity contribution in [2.75, 3.05) is 19.7 Å². The molecule has 1 fully saturated rings. The number of halogens is 1. The molecule has 1 aromatic heterocycles. The number of hydrogen-bond donors (Lipinski definition) is 1. The highest BCUT2D eigenvalue weighted by atomic mass is 35.5. The van der Waals surface area contributed by atoms with E-state index in [4.69, 9.17) is 16.3 Å². The first kappa shape index (κ1) is 22.1. The molecular formula is C20H25ClN2O4S2. The lowest BCUT2D eigenvalue weighted by molar-refractivity contribution is -0.132. The SMILES string of the molecule is Cc1cc(OCCCC(=O)N2CCC(NS(=O)(=O)c3cccs3)CC2)ccc1Cl. The third-order valence-electron chi connectivity index (χ3n) is 4.86. The summed E-state index contributed by atoms with van der Waals surface area (Å²) in [7, 11) is -3.46. The number of sulfonamides is 1. The smallest absolute Gasteiger partial charge is 0.250 e. The number of carbonyl (C=O) groups excluding carboxylic acids is 1. The highest BCUT2D eigenvalue weighted by Crippen LogP contribution is 2.22. The van der Waals surface area contributed by atoms with Crippen LogP contribution in [0.25, 0.3) is 0 Å². The Bertz CT molecular complexity index is 924. The van der Waals surface area contributed by atoms with Gasteiger partial charge in [0, 0.05) is 30.6 Å². The Morgan fingerprint density at radius 1 is 1.31 bits per heavy atom. The number of likely N-dealkylation sites (tertiary alicyclic amines) is 1. The molecule has 0 saturated carbocycles. The molecule has 2 aromatic rings. The molecule has 29 heavy (non-hydrogen) atoms. The lowest BCUT2D eigenvalue weighted by atomic mass is 10.1. The van der Waals surface area contributed by atoms with Crippen LogP contribution in [0.3, 0.4) is 0 Å². The number of amides is 1. The van der Waals surface area contributed by atoms with Gasteiger partial charge in [0.2, 0.25) is 15.9 Å². The van der Waals surface area contributed by atoms with E-state index in [1.807, 2.05) is 24.0 Å². The zero-order chi connectivity index (χ0) is 20.9. The standard InChI is InChI=1S/C20H25ClN2O4S2/c1-15-14-17(6-7-18(15)21)27-12-2-4-19(24)23-10-8-16(9-11-23)22-29(25,26)20-5-3-13-28-20/h3,5-7,13-14,16,22H,2,4,8-12H2,1H3. The van der Waals surface area contributed by atoms with Crippen LogP contribution < -0.4 is 9.46 Å². The van der Waals surface area contributed by atoms with Gasteiger partial charge in [-0.15, -0.1) is 11.3 Å². The number of rotatable bonds is 8. The van der Waals surface area contributed by atoms with E-state index in [0.717, 1.165) is 11.3 Å². The van der Waals surface area contributed by atoms with Crippen LogP contribution in [0.15, 0.2) is 39.9 Å². The summed E-state index contributed by atoms with van der Waals surface area (Å²) in [5.41, 5.74) is 0.956. The molecule has 0 atom stereocenters.